The molecule has 11 nitrogen and oxygen atoms in total. The lowest BCUT2D eigenvalue weighted by Crippen LogP contribution is -2.27. The van der Waals surface area contributed by atoms with E-state index in [2.05, 4.69) is 20.1 Å². The Hall–Kier alpha value is -4.31. The van der Waals surface area contributed by atoms with Crippen LogP contribution in [0.4, 0.5) is 17.6 Å². The molecule has 0 aliphatic heterocycles. The Kier molecular flexibility index (Phi) is 6.38. The van der Waals surface area contributed by atoms with Crippen LogP contribution >= 0.6 is 0 Å². The number of imidazole rings is 2. The zero-order chi connectivity index (χ0) is 28.1. The molecule has 0 radical (unpaired) electrons. The predicted octanol–water partition coefficient (Wildman–Crippen LogP) is 3.33. The molecular formula is C23H20F4N8O3S. The van der Waals surface area contributed by atoms with Gasteiger partial charge in [0.25, 0.3) is 5.82 Å². The SMILES string of the molecule is COc1ccc(Cn2nc(C(F)(F)F)nc2-c2nc3ccc(F)cn3c2-c2cn(S(=O)(=O)N(C)C)cn2)cc1. The Labute approximate surface area is 219 Å². The van der Waals surface area contributed by atoms with Gasteiger partial charge in [-0.05, 0) is 29.8 Å². The number of methoxy groups -OCH3 is 1. The third-order valence-electron chi connectivity index (χ3n) is 5.74. The van der Waals surface area contributed by atoms with Crippen molar-refractivity contribution in [3.8, 4) is 28.7 Å². The molecule has 39 heavy (non-hydrogen) atoms. The van der Waals surface area contributed by atoms with Crippen molar-refractivity contribution in [2.75, 3.05) is 21.2 Å². The summed E-state index contributed by atoms with van der Waals surface area (Å²) in [5.41, 5.74) is 0.673. The Bertz CT molecular complexity index is 1770. The van der Waals surface area contributed by atoms with Crippen LogP contribution in [0, 0.1) is 5.82 Å². The Balaban J connectivity index is 1.73. The molecular weight excluding hydrogens is 544 g/mol. The quantitative estimate of drug-likeness (QED) is 0.279. The number of pyridine rings is 1. The summed E-state index contributed by atoms with van der Waals surface area (Å²) in [6.45, 7) is -0.118. The standard InChI is InChI=1S/C23H20F4N8O3S/c1-32(2)39(36,37)33-12-17(28-13-33)20-19(29-18-9-6-15(24)11-34(18)20)21-30-22(23(25,26)27)31-35(21)10-14-4-7-16(38-3)8-5-14/h4-9,11-13H,10H2,1-3H3. The number of hydrogen-bond acceptors (Lipinski definition) is 7. The number of benzene rings is 1. The molecule has 0 fully saturated rings. The highest BCUT2D eigenvalue weighted by Crippen LogP contribution is 2.34. The summed E-state index contributed by atoms with van der Waals surface area (Å²) >= 11 is 0. The maximum atomic E-state index is 14.3. The fourth-order valence-electron chi connectivity index (χ4n) is 3.81. The fourth-order valence-corrected chi connectivity index (χ4v) is 4.59. The summed E-state index contributed by atoms with van der Waals surface area (Å²) in [5.74, 6) is -1.78. The van der Waals surface area contributed by atoms with Crippen molar-refractivity contribution in [1.82, 2.24) is 37.4 Å². The van der Waals surface area contributed by atoms with Gasteiger partial charge >= 0.3 is 16.4 Å². The molecule has 0 aliphatic carbocycles. The zero-order valence-corrected chi connectivity index (χ0v) is 21.4. The first kappa shape index (κ1) is 26.3. The number of ether oxygens (including phenoxy) is 1. The number of nitrogens with zero attached hydrogens (tertiary/aromatic N) is 8. The third-order valence-corrected chi connectivity index (χ3v) is 7.40. The fraction of sp³-hybridized carbons (Fsp3) is 0.217. The van der Waals surface area contributed by atoms with Gasteiger partial charge in [-0.25, -0.2) is 28.0 Å². The molecule has 0 bridgehead atoms. The molecule has 4 aromatic heterocycles. The molecule has 0 aliphatic rings. The van der Waals surface area contributed by atoms with E-state index in [0.717, 1.165) is 37.7 Å². The van der Waals surface area contributed by atoms with Gasteiger partial charge in [-0.3, -0.25) is 4.40 Å². The van der Waals surface area contributed by atoms with Crippen LogP contribution in [-0.2, 0) is 22.9 Å². The molecule has 0 saturated heterocycles. The summed E-state index contributed by atoms with van der Waals surface area (Å²) in [4.78, 5) is 12.3. The minimum Gasteiger partial charge on any atom is -0.497 e. The van der Waals surface area contributed by atoms with E-state index in [4.69, 9.17) is 4.74 Å². The van der Waals surface area contributed by atoms with Crippen molar-refractivity contribution in [2.24, 2.45) is 0 Å². The number of fused-ring (bicyclic) bond motifs is 1. The Morgan fingerprint density at radius 1 is 1.03 bits per heavy atom. The van der Waals surface area contributed by atoms with Crippen LogP contribution in [0.3, 0.4) is 0 Å². The summed E-state index contributed by atoms with van der Waals surface area (Å²) in [6, 6.07) is 9.07. The smallest absolute Gasteiger partial charge is 0.453 e. The van der Waals surface area contributed by atoms with Crippen LogP contribution in [0.5, 0.6) is 5.75 Å². The van der Waals surface area contributed by atoms with Gasteiger partial charge in [0.1, 0.15) is 40.6 Å². The van der Waals surface area contributed by atoms with Gasteiger partial charge in [0.15, 0.2) is 5.82 Å². The Morgan fingerprint density at radius 3 is 2.38 bits per heavy atom. The van der Waals surface area contributed by atoms with Gasteiger partial charge in [-0.15, -0.1) is 5.10 Å². The minimum atomic E-state index is -4.87. The second kappa shape index (κ2) is 9.46. The highest BCUT2D eigenvalue weighted by Gasteiger charge is 2.38. The van der Waals surface area contributed by atoms with Gasteiger partial charge < -0.3 is 4.74 Å². The molecule has 5 rings (SSSR count). The molecule has 0 unspecified atom stereocenters. The molecule has 16 heteroatoms. The summed E-state index contributed by atoms with van der Waals surface area (Å²) in [7, 11) is 0.168. The van der Waals surface area contributed by atoms with E-state index >= 15 is 0 Å². The summed E-state index contributed by atoms with van der Waals surface area (Å²) < 4.78 is 89.8. The van der Waals surface area contributed by atoms with Crippen molar-refractivity contribution < 1.29 is 30.7 Å². The highest BCUT2D eigenvalue weighted by atomic mass is 32.2. The van der Waals surface area contributed by atoms with Crippen molar-refractivity contribution in [3.05, 3.63) is 72.3 Å². The van der Waals surface area contributed by atoms with E-state index in [1.165, 1.54) is 31.7 Å². The van der Waals surface area contributed by atoms with Crippen molar-refractivity contribution in [1.29, 1.82) is 0 Å². The van der Waals surface area contributed by atoms with Gasteiger partial charge in [0.05, 0.1) is 19.9 Å². The summed E-state index contributed by atoms with van der Waals surface area (Å²) in [6.07, 6.45) is -1.62. The van der Waals surface area contributed by atoms with E-state index in [9.17, 15) is 26.0 Å². The van der Waals surface area contributed by atoms with Crippen LogP contribution in [-0.4, -0.2) is 67.0 Å². The molecule has 0 amide bonds. The molecule has 5 aromatic rings. The van der Waals surface area contributed by atoms with Crippen molar-refractivity contribution in [2.45, 2.75) is 12.7 Å². The molecule has 0 spiro atoms. The largest absolute Gasteiger partial charge is 0.497 e. The number of halogens is 4. The molecule has 0 saturated carbocycles. The van der Waals surface area contributed by atoms with E-state index in [0.29, 0.717) is 11.3 Å². The Morgan fingerprint density at radius 2 is 1.74 bits per heavy atom. The first-order chi connectivity index (χ1) is 18.4. The van der Waals surface area contributed by atoms with E-state index < -0.39 is 28.0 Å². The van der Waals surface area contributed by atoms with Crippen LogP contribution in [0.2, 0.25) is 0 Å². The van der Waals surface area contributed by atoms with Gasteiger partial charge in [-0.2, -0.15) is 25.9 Å². The lowest BCUT2D eigenvalue weighted by atomic mass is 10.2. The third kappa shape index (κ3) is 4.83. The average molecular weight is 565 g/mol. The lowest BCUT2D eigenvalue weighted by molar-refractivity contribution is -0.144. The number of rotatable bonds is 7. The first-order valence-electron chi connectivity index (χ1n) is 11.2. The first-order valence-corrected chi connectivity index (χ1v) is 12.6. The van der Waals surface area contributed by atoms with Gasteiger partial charge in [0, 0.05) is 20.3 Å². The highest BCUT2D eigenvalue weighted by molar-refractivity contribution is 7.87. The average Bonchev–Trinajstić information content (AvgIpc) is 3.60. The molecule has 1 aromatic carbocycles. The maximum Gasteiger partial charge on any atom is 0.453 e. The second-order valence-corrected chi connectivity index (χ2v) is 10.6. The number of alkyl halides is 3. The maximum absolute atomic E-state index is 14.3. The monoisotopic (exact) mass is 564 g/mol. The van der Waals surface area contributed by atoms with Gasteiger partial charge in [-0.1, -0.05) is 12.1 Å². The van der Waals surface area contributed by atoms with E-state index in [1.807, 2.05) is 0 Å². The van der Waals surface area contributed by atoms with Crippen LogP contribution in [0.15, 0.2) is 55.1 Å². The van der Waals surface area contributed by atoms with Crippen LogP contribution < -0.4 is 4.74 Å². The summed E-state index contributed by atoms with van der Waals surface area (Å²) in [5, 5.41) is 3.68. The van der Waals surface area contributed by atoms with E-state index in [1.54, 1.807) is 24.3 Å². The van der Waals surface area contributed by atoms with Gasteiger partial charge in [0.2, 0.25) is 0 Å². The minimum absolute atomic E-state index is 0.00100. The van der Waals surface area contributed by atoms with E-state index in [-0.39, 0.29) is 35.1 Å². The number of hydrogen-bond donors (Lipinski definition) is 0. The zero-order valence-electron chi connectivity index (χ0n) is 20.6. The van der Waals surface area contributed by atoms with Crippen LogP contribution in [0.1, 0.15) is 11.4 Å². The topological polar surface area (TPSA) is 112 Å². The molecule has 0 atom stereocenters. The molecule has 4 heterocycles. The lowest BCUT2D eigenvalue weighted by Gasteiger charge is -2.10. The molecule has 204 valence electrons. The normalized spacial score (nSPS) is 12.5. The molecule has 0 N–H and O–H groups in total. The van der Waals surface area contributed by atoms with Crippen LogP contribution in [0.25, 0.3) is 28.6 Å². The van der Waals surface area contributed by atoms with Crippen molar-refractivity contribution in [3.63, 3.8) is 0 Å². The second-order valence-electron chi connectivity index (χ2n) is 8.53. The van der Waals surface area contributed by atoms with Crippen molar-refractivity contribution >= 4 is 15.9 Å². The predicted molar refractivity (Wildman–Crippen MR) is 130 cm³/mol. The number of aromatic nitrogens is 7.